The van der Waals surface area contributed by atoms with E-state index in [1.54, 1.807) is 49.4 Å². The number of aromatic nitrogens is 2. The third kappa shape index (κ3) is 6.26. The number of hydrogen-bond acceptors (Lipinski definition) is 7. The molecule has 0 aliphatic rings. The van der Waals surface area contributed by atoms with Crippen molar-refractivity contribution in [3.05, 3.63) is 94.8 Å². The Bertz CT molecular complexity index is 1470. The molecule has 0 fully saturated rings. The Kier molecular flexibility index (Phi) is 7.73. The molecule has 188 valence electrons. The van der Waals surface area contributed by atoms with Crippen molar-refractivity contribution < 1.29 is 23.9 Å². The maximum absolute atomic E-state index is 12.8. The highest BCUT2D eigenvalue weighted by Crippen LogP contribution is 2.19. The van der Waals surface area contributed by atoms with Gasteiger partial charge in [-0.25, -0.2) is 14.8 Å². The summed E-state index contributed by atoms with van der Waals surface area (Å²) < 4.78 is 9.75. The van der Waals surface area contributed by atoms with E-state index in [0.29, 0.717) is 22.3 Å². The Morgan fingerprint density at radius 2 is 1.49 bits per heavy atom. The zero-order valence-corrected chi connectivity index (χ0v) is 20.7. The molecule has 1 heterocycles. The molecule has 0 radical (unpaired) electrons. The lowest BCUT2D eigenvalue weighted by atomic mass is 10.1. The summed E-state index contributed by atoms with van der Waals surface area (Å²) in [6.07, 6.45) is -0.808. The molecule has 0 saturated carbocycles. The molecule has 9 nitrogen and oxygen atoms in total. The SMILES string of the molecule is CCOC(=O)Oc1ccc(C(=O)Nc2ccccc2CNC(=O)c2ccc3nc(C)c(C)nc3c2)cc1. The first-order valence-corrected chi connectivity index (χ1v) is 11.7. The highest BCUT2D eigenvalue weighted by molar-refractivity contribution is 6.04. The number of ether oxygens (including phenoxy) is 2. The summed E-state index contributed by atoms with van der Waals surface area (Å²) >= 11 is 0. The van der Waals surface area contributed by atoms with Crippen LogP contribution in [0.5, 0.6) is 5.75 Å². The van der Waals surface area contributed by atoms with E-state index in [4.69, 9.17) is 9.47 Å². The van der Waals surface area contributed by atoms with Crippen LogP contribution >= 0.6 is 0 Å². The Balaban J connectivity index is 1.41. The zero-order chi connectivity index (χ0) is 26.4. The summed E-state index contributed by atoms with van der Waals surface area (Å²) in [5, 5.41) is 5.76. The fourth-order valence-electron chi connectivity index (χ4n) is 3.56. The van der Waals surface area contributed by atoms with Gasteiger partial charge in [-0.15, -0.1) is 0 Å². The van der Waals surface area contributed by atoms with Crippen molar-refractivity contribution in [2.24, 2.45) is 0 Å². The lowest BCUT2D eigenvalue weighted by Gasteiger charge is -2.13. The number of rotatable bonds is 7. The van der Waals surface area contributed by atoms with E-state index in [2.05, 4.69) is 20.6 Å². The third-order valence-corrected chi connectivity index (χ3v) is 5.62. The number of benzene rings is 3. The van der Waals surface area contributed by atoms with Crippen LogP contribution in [0.2, 0.25) is 0 Å². The maximum atomic E-state index is 12.8. The highest BCUT2D eigenvalue weighted by atomic mass is 16.7. The number of fused-ring (bicyclic) bond motifs is 1. The molecule has 37 heavy (non-hydrogen) atoms. The first kappa shape index (κ1) is 25.3. The molecule has 2 N–H and O–H groups in total. The number of nitrogens with zero attached hydrogens (tertiary/aromatic N) is 2. The van der Waals surface area contributed by atoms with Crippen LogP contribution in [0.3, 0.4) is 0 Å². The molecule has 3 aromatic carbocycles. The van der Waals surface area contributed by atoms with E-state index in [1.807, 2.05) is 26.0 Å². The lowest BCUT2D eigenvalue weighted by molar-refractivity contribution is 0.0949. The van der Waals surface area contributed by atoms with Crippen molar-refractivity contribution in [2.75, 3.05) is 11.9 Å². The molecule has 4 rings (SSSR count). The number of carbonyl (C=O) groups is 3. The number of carbonyl (C=O) groups excluding carboxylic acids is 3. The maximum Gasteiger partial charge on any atom is 0.513 e. The quantitative estimate of drug-likeness (QED) is 0.273. The van der Waals surface area contributed by atoms with Gasteiger partial charge in [-0.3, -0.25) is 9.59 Å². The van der Waals surface area contributed by atoms with Crippen LogP contribution in [0.25, 0.3) is 11.0 Å². The minimum atomic E-state index is -0.808. The smallest absolute Gasteiger partial charge is 0.434 e. The van der Waals surface area contributed by atoms with E-state index < -0.39 is 6.16 Å². The van der Waals surface area contributed by atoms with Gasteiger partial charge in [-0.05, 0) is 74.9 Å². The second-order valence-corrected chi connectivity index (χ2v) is 8.20. The molecule has 0 spiro atoms. The van der Waals surface area contributed by atoms with Gasteiger partial charge in [0.25, 0.3) is 11.8 Å². The van der Waals surface area contributed by atoms with Gasteiger partial charge in [0, 0.05) is 23.4 Å². The predicted octanol–water partition coefficient (Wildman–Crippen LogP) is 4.96. The van der Waals surface area contributed by atoms with Gasteiger partial charge in [0.2, 0.25) is 0 Å². The molecule has 0 saturated heterocycles. The largest absolute Gasteiger partial charge is 0.513 e. The van der Waals surface area contributed by atoms with Crippen molar-refractivity contribution in [2.45, 2.75) is 27.3 Å². The second kappa shape index (κ2) is 11.3. The predicted molar refractivity (Wildman–Crippen MR) is 139 cm³/mol. The molecular formula is C28H26N4O5. The molecule has 1 aromatic heterocycles. The molecule has 0 unspecified atom stereocenters. The van der Waals surface area contributed by atoms with E-state index in [0.717, 1.165) is 22.5 Å². The first-order valence-electron chi connectivity index (χ1n) is 11.7. The third-order valence-electron chi connectivity index (χ3n) is 5.62. The summed E-state index contributed by atoms with van der Waals surface area (Å²) in [5.41, 5.74) is 5.19. The van der Waals surface area contributed by atoms with Crippen LogP contribution < -0.4 is 15.4 Å². The van der Waals surface area contributed by atoms with Gasteiger partial charge in [0.05, 0.1) is 29.0 Å². The van der Waals surface area contributed by atoms with Gasteiger partial charge in [-0.1, -0.05) is 18.2 Å². The molecular weight excluding hydrogens is 472 g/mol. The monoisotopic (exact) mass is 498 g/mol. The summed E-state index contributed by atoms with van der Waals surface area (Å²) in [4.78, 5) is 46.1. The van der Waals surface area contributed by atoms with Crippen molar-refractivity contribution in [1.29, 1.82) is 0 Å². The summed E-state index contributed by atoms with van der Waals surface area (Å²) in [6, 6.07) is 18.5. The van der Waals surface area contributed by atoms with Crippen LogP contribution in [0, 0.1) is 13.8 Å². The fourth-order valence-corrected chi connectivity index (χ4v) is 3.56. The van der Waals surface area contributed by atoms with Crippen LogP contribution in [-0.2, 0) is 11.3 Å². The first-order chi connectivity index (χ1) is 17.8. The van der Waals surface area contributed by atoms with Gasteiger partial charge < -0.3 is 20.1 Å². The number of para-hydroxylation sites is 1. The second-order valence-electron chi connectivity index (χ2n) is 8.20. The summed E-state index contributed by atoms with van der Waals surface area (Å²) in [5.74, 6) is -0.344. The van der Waals surface area contributed by atoms with Gasteiger partial charge in [-0.2, -0.15) is 0 Å². The van der Waals surface area contributed by atoms with E-state index in [1.165, 1.54) is 12.1 Å². The molecule has 2 amide bonds. The topological polar surface area (TPSA) is 120 Å². The molecule has 9 heteroatoms. The number of nitrogens with one attached hydrogen (secondary N) is 2. The Morgan fingerprint density at radius 3 is 2.22 bits per heavy atom. The van der Waals surface area contributed by atoms with E-state index in [-0.39, 0.29) is 30.7 Å². The lowest BCUT2D eigenvalue weighted by Crippen LogP contribution is -2.24. The van der Waals surface area contributed by atoms with E-state index >= 15 is 0 Å². The van der Waals surface area contributed by atoms with Crippen LogP contribution in [-0.4, -0.2) is 34.5 Å². The van der Waals surface area contributed by atoms with Gasteiger partial charge in [0.15, 0.2) is 0 Å². The summed E-state index contributed by atoms with van der Waals surface area (Å²) in [6.45, 7) is 5.87. The van der Waals surface area contributed by atoms with Crippen LogP contribution in [0.1, 0.15) is 44.6 Å². The van der Waals surface area contributed by atoms with Crippen molar-refractivity contribution >= 4 is 34.7 Å². The van der Waals surface area contributed by atoms with Crippen molar-refractivity contribution in [3.8, 4) is 5.75 Å². The van der Waals surface area contributed by atoms with E-state index in [9.17, 15) is 14.4 Å². The standard InChI is InChI=1S/C28H26N4O5/c1-4-36-28(35)37-22-12-9-19(10-13-22)27(34)32-23-8-6-5-7-21(23)16-29-26(33)20-11-14-24-25(15-20)31-18(3)17(2)30-24/h5-15H,4,16H2,1-3H3,(H,29,33)(H,32,34). The van der Waals surface area contributed by atoms with Crippen molar-refractivity contribution in [3.63, 3.8) is 0 Å². The molecule has 0 bridgehead atoms. The number of amides is 2. The molecule has 0 aliphatic carbocycles. The van der Waals surface area contributed by atoms with Crippen LogP contribution in [0.4, 0.5) is 10.5 Å². The molecule has 0 atom stereocenters. The Morgan fingerprint density at radius 1 is 0.811 bits per heavy atom. The minimum absolute atomic E-state index is 0.204. The number of anilines is 1. The minimum Gasteiger partial charge on any atom is -0.434 e. The Labute approximate surface area is 213 Å². The molecule has 0 aliphatic heterocycles. The highest BCUT2D eigenvalue weighted by Gasteiger charge is 2.13. The normalized spacial score (nSPS) is 10.6. The molecule has 4 aromatic rings. The van der Waals surface area contributed by atoms with Gasteiger partial charge in [0.1, 0.15) is 5.75 Å². The average molecular weight is 499 g/mol. The Hall–Kier alpha value is -4.79. The van der Waals surface area contributed by atoms with Crippen molar-refractivity contribution in [1.82, 2.24) is 15.3 Å². The average Bonchev–Trinajstić information content (AvgIpc) is 2.89. The van der Waals surface area contributed by atoms with Crippen LogP contribution in [0.15, 0.2) is 66.7 Å². The summed E-state index contributed by atoms with van der Waals surface area (Å²) in [7, 11) is 0. The number of hydrogen-bond donors (Lipinski definition) is 2. The fraction of sp³-hybridized carbons (Fsp3) is 0.179. The zero-order valence-electron chi connectivity index (χ0n) is 20.7. The van der Waals surface area contributed by atoms with Gasteiger partial charge >= 0.3 is 6.16 Å². The number of aryl methyl sites for hydroxylation is 2.